The number of aromatic hydroxyl groups is 1. The standard InChI is InChI=1S/C13H10Br2N8O3/c1-5-9(23(22-18-5)12-11(16)20-26-21-12)13(25)19-17-4-6-2-7(14)10(24)8(15)3-6/h2-4,24H,1H3,(H2,16,20)(H,19,25)/b17-4-. The fourth-order valence-corrected chi connectivity index (χ4v) is 3.20. The van der Waals surface area contributed by atoms with Gasteiger partial charge in [-0.05, 0) is 66.8 Å². The molecule has 1 amide bonds. The summed E-state index contributed by atoms with van der Waals surface area (Å²) in [4.78, 5) is 12.4. The number of benzene rings is 1. The smallest absolute Gasteiger partial charge is 0.292 e. The highest BCUT2D eigenvalue weighted by Crippen LogP contribution is 2.32. The highest BCUT2D eigenvalue weighted by Gasteiger charge is 2.22. The van der Waals surface area contributed by atoms with Gasteiger partial charge < -0.3 is 10.8 Å². The molecule has 0 aliphatic heterocycles. The predicted octanol–water partition coefficient (Wildman–Crippen LogP) is 1.54. The first-order valence-electron chi connectivity index (χ1n) is 6.90. The summed E-state index contributed by atoms with van der Waals surface area (Å²) in [7, 11) is 0. The van der Waals surface area contributed by atoms with E-state index in [0.29, 0.717) is 20.2 Å². The lowest BCUT2D eigenvalue weighted by Crippen LogP contribution is -2.22. The Labute approximate surface area is 162 Å². The van der Waals surface area contributed by atoms with Crippen LogP contribution in [0.2, 0.25) is 0 Å². The molecule has 11 nitrogen and oxygen atoms in total. The van der Waals surface area contributed by atoms with Gasteiger partial charge in [-0.2, -0.15) is 9.78 Å². The summed E-state index contributed by atoms with van der Waals surface area (Å²) in [6.45, 7) is 1.60. The highest BCUT2D eigenvalue weighted by atomic mass is 79.9. The van der Waals surface area contributed by atoms with Crippen LogP contribution in [0.3, 0.4) is 0 Å². The van der Waals surface area contributed by atoms with Crippen molar-refractivity contribution in [2.75, 3.05) is 5.73 Å². The largest absolute Gasteiger partial charge is 0.506 e. The van der Waals surface area contributed by atoms with Crippen LogP contribution in [0.1, 0.15) is 21.7 Å². The molecule has 13 heteroatoms. The molecule has 0 bridgehead atoms. The third-order valence-corrected chi connectivity index (χ3v) is 4.38. The van der Waals surface area contributed by atoms with Gasteiger partial charge in [-0.1, -0.05) is 5.21 Å². The Hall–Kier alpha value is -2.80. The average Bonchev–Trinajstić information content (AvgIpc) is 3.17. The van der Waals surface area contributed by atoms with Crippen molar-refractivity contribution in [2.45, 2.75) is 6.92 Å². The molecule has 1 aromatic carbocycles. The molecule has 3 aromatic rings. The van der Waals surface area contributed by atoms with Gasteiger partial charge in [-0.25, -0.2) is 10.1 Å². The van der Waals surface area contributed by atoms with Crippen LogP contribution in [0.15, 0.2) is 30.8 Å². The van der Waals surface area contributed by atoms with Crippen molar-refractivity contribution in [3.8, 4) is 11.6 Å². The number of halogens is 2. The molecule has 0 aliphatic carbocycles. The van der Waals surface area contributed by atoms with Gasteiger partial charge in [0, 0.05) is 0 Å². The number of hydrogen-bond acceptors (Lipinski definition) is 9. The van der Waals surface area contributed by atoms with Crippen LogP contribution >= 0.6 is 31.9 Å². The van der Waals surface area contributed by atoms with E-state index in [4.69, 9.17) is 5.73 Å². The number of phenols is 1. The Morgan fingerprint density at radius 3 is 2.69 bits per heavy atom. The Morgan fingerprint density at radius 1 is 1.38 bits per heavy atom. The van der Waals surface area contributed by atoms with E-state index in [9.17, 15) is 9.90 Å². The second-order valence-corrected chi connectivity index (χ2v) is 6.65. The molecule has 0 radical (unpaired) electrons. The number of rotatable bonds is 4. The second-order valence-electron chi connectivity index (χ2n) is 4.94. The fourth-order valence-electron chi connectivity index (χ4n) is 1.98. The van der Waals surface area contributed by atoms with E-state index in [0.717, 1.165) is 4.68 Å². The SMILES string of the molecule is Cc1nnn(-c2nonc2N)c1C(=O)N/N=C\c1cc(Br)c(O)c(Br)c1. The van der Waals surface area contributed by atoms with E-state index in [1.807, 2.05) is 0 Å². The molecule has 0 unspecified atom stereocenters. The number of nitrogen functional groups attached to an aromatic ring is 1. The van der Waals surface area contributed by atoms with Gasteiger partial charge in [-0.3, -0.25) is 4.79 Å². The summed E-state index contributed by atoms with van der Waals surface area (Å²) in [5.41, 5.74) is 9.05. The molecule has 0 saturated heterocycles. The summed E-state index contributed by atoms with van der Waals surface area (Å²) >= 11 is 6.43. The van der Waals surface area contributed by atoms with Crippen molar-refractivity contribution in [2.24, 2.45) is 5.10 Å². The molecular formula is C13H10Br2N8O3. The van der Waals surface area contributed by atoms with E-state index in [-0.39, 0.29) is 23.1 Å². The zero-order chi connectivity index (χ0) is 18.8. The van der Waals surface area contributed by atoms with Gasteiger partial charge in [-0.15, -0.1) is 5.10 Å². The Kier molecular flexibility index (Phi) is 4.99. The minimum atomic E-state index is -0.581. The zero-order valence-electron chi connectivity index (χ0n) is 13.0. The maximum absolute atomic E-state index is 12.4. The van der Waals surface area contributed by atoms with Gasteiger partial charge in [0.25, 0.3) is 5.91 Å². The Bertz CT molecular complexity index is 990. The molecule has 3 rings (SSSR count). The minimum Gasteiger partial charge on any atom is -0.506 e. The Morgan fingerprint density at radius 2 is 2.08 bits per heavy atom. The van der Waals surface area contributed by atoms with Crippen LogP contribution < -0.4 is 11.2 Å². The third kappa shape index (κ3) is 3.43. The molecule has 0 fully saturated rings. The first-order valence-corrected chi connectivity index (χ1v) is 8.49. The van der Waals surface area contributed by atoms with Crippen LogP contribution in [-0.4, -0.2) is 42.5 Å². The number of anilines is 1. The van der Waals surface area contributed by atoms with E-state index in [1.165, 1.54) is 6.21 Å². The molecule has 0 aliphatic rings. The maximum Gasteiger partial charge on any atom is 0.292 e. The number of aryl methyl sites for hydroxylation is 1. The lowest BCUT2D eigenvalue weighted by molar-refractivity contribution is 0.0946. The molecule has 2 heterocycles. The fraction of sp³-hybridized carbons (Fsp3) is 0.0769. The summed E-state index contributed by atoms with van der Waals surface area (Å²) in [5.74, 6) is -0.504. The number of carbonyl (C=O) groups is 1. The summed E-state index contributed by atoms with van der Waals surface area (Å²) in [6, 6.07) is 3.27. The lowest BCUT2D eigenvalue weighted by Gasteiger charge is -2.03. The summed E-state index contributed by atoms with van der Waals surface area (Å²) < 4.78 is 6.58. The first kappa shape index (κ1) is 18.0. The van der Waals surface area contributed by atoms with Gasteiger partial charge in [0.1, 0.15) is 5.75 Å². The summed E-state index contributed by atoms with van der Waals surface area (Å²) in [6.07, 6.45) is 1.41. The van der Waals surface area contributed by atoms with E-state index in [2.05, 4.69) is 67.6 Å². The molecule has 26 heavy (non-hydrogen) atoms. The first-order chi connectivity index (χ1) is 12.4. The topological polar surface area (TPSA) is 157 Å². The van der Waals surface area contributed by atoms with E-state index in [1.54, 1.807) is 19.1 Å². The highest BCUT2D eigenvalue weighted by molar-refractivity contribution is 9.11. The monoisotopic (exact) mass is 484 g/mol. The van der Waals surface area contributed by atoms with Gasteiger partial charge in [0.05, 0.1) is 20.9 Å². The normalized spacial score (nSPS) is 11.2. The lowest BCUT2D eigenvalue weighted by atomic mass is 10.2. The van der Waals surface area contributed by atoms with Crippen LogP contribution in [0.25, 0.3) is 5.82 Å². The zero-order valence-corrected chi connectivity index (χ0v) is 16.2. The minimum absolute atomic E-state index is 0.0359. The van der Waals surface area contributed by atoms with Crippen molar-refractivity contribution in [3.63, 3.8) is 0 Å². The molecule has 0 spiro atoms. The summed E-state index contributed by atoms with van der Waals surface area (Å²) in [5, 5.41) is 28.3. The van der Waals surface area contributed by atoms with Crippen LogP contribution in [-0.2, 0) is 0 Å². The number of hydrazone groups is 1. The number of nitrogens with two attached hydrogens (primary N) is 1. The quantitative estimate of drug-likeness (QED) is 0.370. The van der Waals surface area contributed by atoms with Crippen molar-refractivity contribution in [3.05, 3.63) is 38.0 Å². The number of hydrogen-bond donors (Lipinski definition) is 3. The number of amides is 1. The Balaban J connectivity index is 1.82. The molecule has 0 atom stereocenters. The maximum atomic E-state index is 12.4. The van der Waals surface area contributed by atoms with Gasteiger partial charge in [0.2, 0.25) is 11.6 Å². The number of nitrogens with one attached hydrogen (secondary N) is 1. The molecule has 4 N–H and O–H groups in total. The molecule has 0 saturated carbocycles. The van der Waals surface area contributed by atoms with E-state index < -0.39 is 5.91 Å². The molecule has 2 aromatic heterocycles. The number of phenolic OH excluding ortho intramolecular Hbond substituents is 1. The van der Waals surface area contributed by atoms with Gasteiger partial charge >= 0.3 is 0 Å². The molecule has 134 valence electrons. The van der Waals surface area contributed by atoms with Crippen molar-refractivity contribution in [1.82, 2.24) is 30.7 Å². The van der Waals surface area contributed by atoms with Crippen LogP contribution in [0.4, 0.5) is 5.82 Å². The van der Waals surface area contributed by atoms with Crippen LogP contribution in [0.5, 0.6) is 5.75 Å². The van der Waals surface area contributed by atoms with Crippen molar-refractivity contribution in [1.29, 1.82) is 0 Å². The van der Waals surface area contributed by atoms with E-state index >= 15 is 0 Å². The predicted molar refractivity (Wildman–Crippen MR) is 96.9 cm³/mol. The number of nitrogens with zero attached hydrogens (tertiary/aromatic N) is 6. The average molecular weight is 486 g/mol. The number of carbonyl (C=O) groups excluding carboxylic acids is 1. The second kappa shape index (κ2) is 7.21. The van der Waals surface area contributed by atoms with Gasteiger partial charge in [0.15, 0.2) is 5.69 Å². The molecular weight excluding hydrogens is 476 g/mol. The van der Waals surface area contributed by atoms with Crippen molar-refractivity contribution < 1.29 is 14.5 Å². The van der Waals surface area contributed by atoms with Crippen LogP contribution in [0, 0.1) is 6.92 Å². The third-order valence-electron chi connectivity index (χ3n) is 3.17. The van der Waals surface area contributed by atoms with Crippen molar-refractivity contribution >= 4 is 49.8 Å². The number of aromatic nitrogens is 5.